The molecule has 4 nitrogen and oxygen atoms in total. The predicted octanol–water partition coefficient (Wildman–Crippen LogP) is 0.00580. The standard InChI is InChI=1S/C14H25N3O/c1-2-6-16-7-3-14(4-8-16)15-5-9-17-10-12-18-13-11-17/h1,14-15H,3-13H2. The Hall–Kier alpha value is -0.600. The minimum atomic E-state index is 0.681. The number of piperidine rings is 1. The Bertz CT molecular complexity index is 263. The number of nitrogens with zero attached hydrogens (tertiary/aromatic N) is 2. The SMILES string of the molecule is C#CCN1CCC(NCCN2CCOCC2)CC1. The maximum atomic E-state index is 5.35. The summed E-state index contributed by atoms with van der Waals surface area (Å²) in [4.78, 5) is 4.84. The highest BCUT2D eigenvalue weighted by Gasteiger charge is 2.18. The second kappa shape index (κ2) is 7.75. The minimum Gasteiger partial charge on any atom is -0.379 e. The summed E-state index contributed by atoms with van der Waals surface area (Å²) in [5, 5.41) is 3.67. The fourth-order valence-electron chi connectivity index (χ4n) is 2.68. The predicted molar refractivity (Wildman–Crippen MR) is 73.6 cm³/mol. The first-order valence-corrected chi connectivity index (χ1v) is 7.08. The van der Waals surface area contributed by atoms with Gasteiger partial charge in [-0.15, -0.1) is 6.42 Å². The zero-order chi connectivity index (χ0) is 12.6. The average Bonchev–Trinajstić information content (AvgIpc) is 2.42. The zero-order valence-corrected chi connectivity index (χ0v) is 11.2. The van der Waals surface area contributed by atoms with Crippen molar-refractivity contribution >= 4 is 0 Å². The van der Waals surface area contributed by atoms with E-state index >= 15 is 0 Å². The molecule has 0 aliphatic carbocycles. The highest BCUT2D eigenvalue weighted by molar-refractivity contribution is 4.90. The number of hydrogen-bond donors (Lipinski definition) is 1. The van der Waals surface area contributed by atoms with Gasteiger partial charge in [0.05, 0.1) is 19.8 Å². The van der Waals surface area contributed by atoms with Gasteiger partial charge in [-0.1, -0.05) is 5.92 Å². The summed E-state index contributed by atoms with van der Waals surface area (Å²) >= 11 is 0. The van der Waals surface area contributed by atoms with Crippen LogP contribution in [-0.2, 0) is 4.74 Å². The van der Waals surface area contributed by atoms with Crippen LogP contribution in [0.25, 0.3) is 0 Å². The molecule has 0 spiro atoms. The maximum Gasteiger partial charge on any atom is 0.0598 e. The third kappa shape index (κ3) is 4.58. The normalized spacial score (nSPS) is 23.9. The molecule has 2 aliphatic rings. The largest absolute Gasteiger partial charge is 0.379 e. The highest BCUT2D eigenvalue weighted by atomic mass is 16.5. The van der Waals surface area contributed by atoms with E-state index in [2.05, 4.69) is 21.0 Å². The summed E-state index contributed by atoms with van der Waals surface area (Å²) in [6, 6.07) is 0.681. The Kier molecular flexibility index (Phi) is 5.95. The molecule has 2 fully saturated rings. The molecule has 2 aliphatic heterocycles. The van der Waals surface area contributed by atoms with Crippen LogP contribution in [-0.4, -0.2) is 74.9 Å². The van der Waals surface area contributed by atoms with Gasteiger partial charge < -0.3 is 10.1 Å². The summed E-state index contributed by atoms with van der Waals surface area (Å²) in [6.07, 6.45) is 7.79. The molecule has 0 aromatic rings. The van der Waals surface area contributed by atoms with Gasteiger partial charge in [0.25, 0.3) is 0 Å². The van der Waals surface area contributed by atoms with Gasteiger partial charge in [-0.25, -0.2) is 0 Å². The Morgan fingerprint density at radius 2 is 1.83 bits per heavy atom. The van der Waals surface area contributed by atoms with Crippen molar-refractivity contribution in [3.8, 4) is 12.3 Å². The first-order valence-electron chi connectivity index (χ1n) is 7.08. The van der Waals surface area contributed by atoms with Crippen molar-refractivity contribution in [1.29, 1.82) is 0 Å². The van der Waals surface area contributed by atoms with Gasteiger partial charge in [-0.2, -0.15) is 0 Å². The van der Waals surface area contributed by atoms with Gasteiger partial charge in [0.2, 0.25) is 0 Å². The molecule has 0 radical (unpaired) electrons. The van der Waals surface area contributed by atoms with E-state index in [1.807, 2.05) is 0 Å². The van der Waals surface area contributed by atoms with Crippen molar-refractivity contribution in [2.45, 2.75) is 18.9 Å². The van der Waals surface area contributed by atoms with E-state index in [9.17, 15) is 0 Å². The number of ether oxygens (including phenoxy) is 1. The summed E-state index contributed by atoms with van der Waals surface area (Å²) in [5.74, 6) is 2.73. The molecule has 0 atom stereocenters. The van der Waals surface area contributed by atoms with E-state index in [1.165, 1.54) is 12.8 Å². The van der Waals surface area contributed by atoms with E-state index in [1.54, 1.807) is 0 Å². The molecule has 1 N–H and O–H groups in total. The maximum absolute atomic E-state index is 5.35. The van der Waals surface area contributed by atoms with Gasteiger partial charge >= 0.3 is 0 Å². The molecular formula is C14H25N3O. The van der Waals surface area contributed by atoms with Crippen molar-refractivity contribution in [1.82, 2.24) is 15.1 Å². The summed E-state index contributed by atoms with van der Waals surface area (Å²) in [6.45, 7) is 9.28. The number of morpholine rings is 1. The van der Waals surface area contributed by atoms with Gasteiger partial charge in [-0.05, 0) is 12.8 Å². The van der Waals surface area contributed by atoms with Crippen LogP contribution < -0.4 is 5.32 Å². The molecule has 4 heteroatoms. The minimum absolute atomic E-state index is 0.681. The molecule has 18 heavy (non-hydrogen) atoms. The molecule has 102 valence electrons. The lowest BCUT2D eigenvalue weighted by atomic mass is 10.1. The Labute approximate surface area is 111 Å². The first-order chi connectivity index (χ1) is 8.88. The van der Waals surface area contributed by atoms with Gasteiger partial charge in [0.1, 0.15) is 0 Å². The van der Waals surface area contributed by atoms with Crippen LogP contribution in [0.2, 0.25) is 0 Å². The van der Waals surface area contributed by atoms with Gasteiger partial charge in [0.15, 0.2) is 0 Å². The summed E-state index contributed by atoms with van der Waals surface area (Å²) in [5.41, 5.74) is 0. The lowest BCUT2D eigenvalue weighted by molar-refractivity contribution is 0.0378. The number of rotatable bonds is 5. The number of terminal acetylenes is 1. The highest BCUT2D eigenvalue weighted by Crippen LogP contribution is 2.09. The lowest BCUT2D eigenvalue weighted by Crippen LogP contribution is -2.46. The molecule has 2 saturated heterocycles. The van der Waals surface area contributed by atoms with Crippen molar-refractivity contribution in [3.63, 3.8) is 0 Å². The molecule has 0 unspecified atom stereocenters. The van der Waals surface area contributed by atoms with Gasteiger partial charge in [-0.3, -0.25) is 9.80 Å². The first kappa shape index (κ1) is 13.8. The molecule has 2 rings (SSSR count). The van der Waals surface area contributed by atoms with E-state index in [0.717, 1.165) is 59.0 Å². The topological polar surface area (TPSA) is 27.7 Å². The smallest absolute Gasteiger partial charge is 0.0598 e. The fraction of sp³-hybridized carbons (Fsp3) is 0.857. The Balaban J connectivity index is 1.53. The summed E-state index contributed by atoms with van der Waals surface area (Å²) < 4.78 is 5.35. The van der Waals surface area contributed by atoms with Crippen molar-refractivity contribution in [2.24, 2.45) is 0 Å². The molecule has 0 amide bonds. The molecular weight excluding hydrogens is 226 g/mol. The number of nitrogens with one attached hydrogen (secondary N) is 1. The zero-order valence-electron chi connectivity index (χ0n) is 11.2. The van der Waals surface area contributed by atoms with E-state index < -0.39 is 0 Å². The van der Waals surface area contributed by atoms with Crippen LogP contribution in [0.1, 0.15) is 12.8 Å². The molecule has 2 heterocycles. The third-order valence-corrected chi connectivity index (χ3v) is 3.87. The van der Waals surface area contributed by atoms with Crippen LogP contribution >= 0.6 is 0 Å². The second-order valence-electron chi connectivity index (χ2n) is 5.16. The second-order valence-corrected chi connectivity index (χ2v) is 5.16. The lowest BCUT2D eigenvalue weighted by Gasteiger charge is -2.32. The molecule has 0 aromatic heterocycles. The fourth-order valence-corrected chi connectivity index (χ4v) is 2.68. The summed E-state index contributed by atoms with van der Waals surface area (Å²) in [7, 11) is 0. The van der Waals surface area contributed by atoms with E-state index in [-0.39, 0.29) is 0 Å². The average molecular weight is 251 g/mol. The number of likely N-dealkylation sites (tertiary alicyclic amines) is 1. The quantitative estimate of drug-likeness (QED) is 0.697. The van der Waals surface area contributed by atoms with Gasteiger partial charge in [0, 0.05) is 45.3 Å². The molecule has 0 saturated carbocycles. The van der Waals surface area contributed by atoms with Crippen molar-refractivity contribution in [3.05, 3.63) is 0 Å². The van der Waals surface area contributed by atoms with Crippen LogP contribution in [0.5, 0.6) is 0 Å². The monoisotopic (exact) mass is 251 g/mol. The van der Waals surface area contributed by atoms with Crippen LogP contribution in [0.4, 0.5) is 0 Å². The van der Waals surface area contributed by atoms with Crippen LogP contribution in [0.15, 0.2) is 0 Å². The van der Waals surface area contributed by atoms with E-state index in [0.29, 0.717) is 6.04 Å². The third-order valence-electron chi connectivity index (χ3n) is 3.87. The molecule has 0 aromatic carbocycles. The van der Waals surface area contributed by atoms with Crippen LogP contribution in [0, 0.1) is 12.3 Å². The van der Waals surface area contributed by atoms with Crippen LogP contribution in [0.3, 0.4) is 0 Å². The molecule has 0 bridgehead atoms. The Morgan fingerprint density at radius 1 is 1.11 bits per heavy atom. The van der Waals surface area contributed by atoms with E-state index in [4.69, 9.17) is 11.2 Å². The van der Waals surface area contributed by atoms with Crippen molar-refractivity contribution < 1.29 is 4.74 Å². The van der Waals surface area contributed by atoms with Crippen molar-refractivity contribution in [2.75, 3.05) is 59.0 Å². The number of hydrogen-bond acceptors (Lipinski definition) is 4. The Morgan fingerprint density at radius 3 is 2.50 bits per heavy atom.